The Morgan fingerprint density at radius 2 is 2.46 bits per heavy atom. The summed E-state index contributed by atoms with van der Waals surface area (Å²) in [5.41, 5.74) is 1.86. The van der Waals surface area contributed by atoms with Gasteiger partial charge in [-0.15, -0.1) is 0 Å². The highest BCUT2D eigenvalue weighted by molar-refractivity contribution is 5.98. The van der Waals surface area contributed by atoms with Gasteiger partial charge in [-0.3, -0.25) is 9.78 Å². The molecule has 1 heterocycles. The van der Waals surface area contributed by atoms with Crippen molar-refractivity contribution in [3.8, 4) is 0 Å². The minimum Gasteiger partial charge on any atom is -0.294 e. The van der Waals surface area contributed by atoms with Gasteiger partial charge in [-0.05, 0) is 25.0 Å². The molecule has 0 saturated heterocycles. The van der Waals surface area contributed by atoms with E-state index in [0.717, 1.165) is 24.1 Å². The number of aromatic nitrogens is 1. The largest absolute Gasteiger partial charge is 0.294 e. The second kappa shape index (κ2) is 3.29. The highest BCUT2D eigenvalue weighted by Crippen LogP contribution is 2.31. The highest BCUT2D eigenvalue weighted by Gasteiger charge is 2.24. The van der Waals surface area contributed by atoms with Crippen LogP contribution < -0.4 is 0 Å². The minimum atomic E-state index is 0.257. The molecule has 2 nitrogen and oxygen atoms in total. The van der Waals surface area contributed by atoms with Gasteiger partial charge in [0.05, 0.1) is 5.69 Å². The van der Waals surface area contributed by atoms with Crippen LogP contribution in [0.25, 0.3) is 0 Å². The lowest BCUT2D eigenvalue weighted by atomic mass is 9.84. The van der Waals surface area contributed by atoms with Crippen LogP contribution in [0.2, 0.25) is 0 Å². The summed E-state index contributed by atoms with van der Waals surface area (Å²) in [5, 5.41) is 0. The van der Waals surface area contributed by atoms with E-state index < -0.39 is 0 Å². The van der Waals surface area contributed by atoms with Gasteiger partial charge in [0.1, 0.15) is 0 Å². The van der Waals surface area contributed by atoms with Gasteiger partial charge in [-0.1, -0.05) is 6.92 Å². The molecule has 2 rings (SSSR count). The molecule has 1 aromatic heterocycles. The van der Waals surface area contributed by atoms with Crippen molar-refractivity contribution in [2.75, 3.05) is 0 Å². The number of rotatable bonds is 1. The summed E-state index contributed by atoms with van der Waals surface area (Å²) in [6.45, 7) is 2.15. The Hall–Kier alpha value is -1.18. The molecule has 0 aromatic carbocycles. The lowest BCUT2D eigenvalue weighted by Crippen LogP contribution is -2.16. The Kier molecular flexibility index (Phi) is 2.13. The third kappa shape index (κ3) is 1.37. The van der Waals surface area contributed by atoms with E-state index in [0.29, 0.717) is 12.3 Å². The molecule has 0 fully saturated rings. The average molecular weight is 175 g/mol. The fourth-order valence-electron chi connectivity index (χ4n) is 1.95. The zero-order chi connectivity index (χ0) is 9.26. The summed E-state index contributed by atoms with van der Waals surface area (Å²) in [7, 11) is 0. The number of carbonyl (C=O) groups is 1. The first-order chi connectivity index (χ1) is 6.33. The van der Waals surface area contributed by atoms with Gasteiger partial charge >= 0.3 is 0 Å². The Labute approximate surface area is 78.0 Å². The first-order valence-corrected chi connectivity index (χ1v) is 4.81. The second-order valence-electron chi connectivity index (χ2n) is 3.50. The van der Waals surface area contributed by atoms with Crippen molar-refractivity contribution >= 4 is 5.78 Å². The van der Waals surface area contributed by atoms with Crippen LogP contribution in [-0.4, -0.2) is 10.8 Å². The van der Waals surface area contributed by atoms with Crippen molar-refractivity contribution in [1.29, 1.82) is 0 Å². The molecule has 1 atom stereocenters. The van der Waals surface area contributed by atoms with E-state index in [4.69, 9.17) is 0 Å². The molecule has 1 aliphatic rings. The Morgan fingerprint density at radius 1 is 1.62 bits per heavy atom. The van der Waals surface area contributed by atoms with Crippen LogP contribution in [0.5, 0.6) is 0 Å². The van der Waals surface area contributed by atoms with E-state index in [2.05, 4.69) is 11.9 Å². The van der Waals surface area contributed by atoms with Crippen molar-refractivity contribution in [3.05, 3.63) is 29.6 Å². The third-order valence-electron chi connectivity index (χ3n) is 2.74. The fourth-order valence-corrected chi connectivity index (χ4v) is 1.95. The van der Waals surface area contributed by atoms with Crippen LogP contribution in [0.3, 0.4) is 0 Å². The molecule has 0 radical (unpaired) electrons. The van der Waals surface area contributed by atoms with Gasteiger partial charge in [0, 0.05) is 24.1 Å². The summed E-state index contributed by atoms with van der Waals surface area (Å²) in [5.74, 6) is 0.752. The molecule has 0 aliphatic heterocycles. The summed E-state index contributed by atoms with van der Waals surface area (Å²) in [6, 6.07) is 3.74. The summed E-state index contributed by atoms with van der Waals surface area (Å²) < 4.78 is 0. The Bertz CT molecular complexity index is 333. The molecule has 1 aromatic rings. The van der Waals surface area contributed by atoms with Gasteiger partial charge in [0.25, 0.3) is 0 Å². The Morgan fingerprint density at radius 3 is 3.23 bits per heavy atom. The van der Waals surface area contributed by atoms with Crippen LogP contribution in [0.15, 0.2) is 18.3 Å². The van der Waals surface area contributed by atoms with Crippen molar-refractivity contribution in [2.45, 2.75) is 32.1 Å². The lowest BCUT2D eigenvalue weighted by Gasteiger charge is -2.21. The zero-order valence-corrected chi connectivity index (χ0v) is 7.79. The predicted octanol–water partition coefficient (Wildman–Crippen LogP) is 2.55. The molecule has 0 saturated carbocycles. The smallest absolute Gasteiger partial charge is 0.164 e. The maximum Gasteiger partial charge on any atom is 0.164 e. The number of ketones is 1. The van der Waals surface area contributed by atoms with E-state index >= 15 is 0 Å². The molecule has 13 heavy (non-hydrogen) atoms. The summed E-state index contributed by atoms with van der Waals surface area (Å²) >= 11 is 0. The van der Waals surface area contributed by atoms with Crippen molar-refractivity contribution in [2.24, 2.45) is 0 Å². The van der Waals surface area contributed by atoms with Crippen LogP contribution in [0.1, 0.15) is 48.2 Å². The third-order valence-corrected chi connectivity index (χ3v) is 2.74. The number of pyridine rings is 1. The molecule has 0 amide bonds. The van der Waals surface area contributed by atoms with Crippen molar-refractivity contribution < 1.29 is 4.79 Å². The van der Waals surface area contributed by atoms with Crippen LogP contribution in [0, 0.1) is 0 Å². The molecule has 2 heteroatoms. The standard InChI is InChI=1S/C11H13NO/c1-2-8-5-6-10(13)9-4-3-7-12-11(8)9/h3-4,7-8H,2,5-6H2,1H3. The van der Waals surface area contributed by atoms with Crippen molar-refractivity contribution in [1.82, 2.24) is 4.98 Å². The monoisotopic (exact) mass is 175 g/mol. The number of hydrogen-bond donors (Lipinski definition) is 0. The normalized spacial score (nSPS) is 21.3. The van der Waals surface area contributed by atoms with Gasteiger partial charge in [-0.2, -0.15) is 0 Å². The molecule has 0 N–H and O–H groups in total. The highest BCUT2D eigenvalue weighted by atomic mass is 16.1. The molecule has 68 valence electrons. The average Bonchev–Trinajstić information content (AvgIpc) is 2.19. The van der Waals surface area contributed by atoms with E-state index in [9.17, 15) is 4.79 Å². The molecule has 1 unspecified atom stereocenters. The van der Waals surface area contributed by atoms with Gasteiger partial charge in [-0.25, -0.2) is 0 Å². The SMILES string of the molecule is CCC1CCC(=O)c2cccnc21. The quantitative estimate of drug-likeness (QED) is 0.656. The van der Waals surface area contributed by atoms with E-state index in [-0.39, 0.29) is 5.78 Å². The number of carbonyl (C=O) groups excluding carboxylic acids is 1. The number of fused-ring (bicyclic) bond motifs is 1. The first-order valence-electron chi connectivity index (χ1n) is 4.81. The van der Waals surface area contributed by atoms with Gasteiger partial charge in [0.2, 0.25) is 0 Å². The lowest BCUT2D eigenvalue weighted by molar-refractivity contribution is 0.0965. The second-order valence-corrected chi connectivity index (χ2v) is 3.50. The van der Waals surface area contributed by atoms with Gasteiger partial charge < -0.3 is 0 Å². The molecule has 0 spiro atoms. The first kappa shape index (κ1) is 8.42. The topological polar surface area (TPSA) is 30.0 Å². The zero-order valence-electron chi connectivity index (χ0n) is 7.79. The maximum atomic E-state index is 11.5. The molecular weight excluding hydrogens is 162 g/mol. The van der Waals surface area contributed by atoms with Crippen LogP contribution >= 0.6 is 0 Å². The Balaban J connectivity index is 2.47. The predicted molar refractivity (Wildman–Crippen MR) is 50.8 cm³/mol. The summed E-state index contributed by atoms with van der Waals surface area (Å²) in [6.07, 6.45) is 4.52. The van der Waals surface area contributed by atoms with Gasteiger partial charge in [0.15, 0.2) is 5.78 Å². The summed E-state index contributed by atoms with van der Waals surface area (Å²) in [4.78, 5) is 15.8. The molecular formula is C11H13NO. The van der Waals surface area contributed by atoms with E-state index in [1.54, 1.807) is 6.20 Å². The van der Waals surface area contributed by atoms with Crippen LogP contribution in [-0.2, 0) is 0 Å². The molecule has 0 bridgehead atoms. The van der Waals surface area contributed by atoms with E-state index in [1.807, 2.05) is 12.1 Å². The minimum absolute atomic E-state index is 0.257. The number of hydrogen-bond acceptors (Lipinski definition) is 2. The number of Topliss-reactive ketones (excluding diaryl/α,β-unsaturated/α-hetero) is 1. The van der Waals surface area contributed by atoms with E-state index in [1.165, 1.54) is 0 Å². The van der Waals surface area contributed by atoms with Crippen LogP contribution in [0.4, 0.5) is 0 Å². The maximum absolute atomic E-state index is 11.5. The number of nitrogens with zero attached hydrogens (tertiary/aromatic N) is 1. The van der Waals surface area contributed by atoms with Crippen molar-refractivity contribution in [3.63, 3.8) is 0 Å². The molecule has 1 aliphatic carbocycles. The fraction of sp³-hybridized carbons (Fsp3) is 0.455.